The molecule has 1 fully saturated rings. The highest BCUT2D eigenvalue weighted by Gasteiger charge is 2.62. The Morgan fingerprint density at radius 1 is 1.22 bits per heavy atom. The summed E-state index contributed by atoms with van der Waals surface area (Å²) in [6.07, 6.45) is 5.09. The molecule has 2 N–H and O–H groups in total. The third-order valence-electron chi connectivity index (χ3n) is 5.17. The largest absolute Gasteiger partial charge is 0.396 e. The van der Waals surface area contributed by atoms with Crippen LogP contribution < -0.4 is 5.32 Å². The van der Waals surface area contributed by atoms with Gasteiger partial charge in [0.1, 0.15) is 11.3 Å². The summed E-state index contributed by atoms with van der Waals surface area (Å²) in [5.74, 6) is 0.191. The molecule has 4 heterocycles. The highest BCUT2D eigenvalue weighted by Crippen LogP contribution is 2.57. The topological polar surface area (TPSA) is 70.9 Å². The maximum Gasteiger partial charge on any atom is 0.396 e. The molecule has 0 bridgehead atoms. The SMILES string of the molecule is FC(F)(F)C1(CNc2ncc3c(-c4ccc5nccn5c4)c[nH]c3n2)CC1. The summed E-state index contributed by atoms with van der Waals surface area (Å²) < 4.78 is 41.0. The molecule has 9 heteroatoms. The lowest BCUT2D eigenvalue weighted by Crippen LogP contribution is -2.31. The standard InChI is InChI=1S/C18H15F3N6/c19-18(20,21)17(3-4-17)10-25-16-24-8-13-12(7-23-15(13)26-16)11-1-2-14-22-5-6-27(14)9-11/h1-2,5-9H,3-4,10H2,(H2,23,24,25,26). The minimum atomic E-state index is -4.20. The van der Waals surface area contributed by atoms with E-state index in [4.69, 9.17) is 0 Å². The van der Waals surface area contributed by atoms with Crippen molar-refractivity contribution in [2.24, 2.45) is 5.41 Å². The molecule has 1 saturated carbocycles. The predicted octanol–water partition coefficient (Wildman–Crippen LogP) is 4.03. The van der Waals surface area contributed by atoms with Crippen LogP contribution in [0, 0.1) is 5.41 Å². The fraction of sp³-hybridized carbons (Fsp3) is 0.278. The lowest BCUT2D eigenvalue weighted by atomic mass is 10.1. The molecular formula is C18H15F3N6. The summed E-state index contributed by atoms with van der Waals surface area (Å²) in [6.45, 7) is -0.202. The lowest BCUT2D eigenvalue weighted by molar-refractivity contribution is -0.182. The molecule has 138 valence electrons. The van der Waals surface area contributed by atoms with Crippen LogP contribution in [0.5, 0.6) is 0 Å². The first-order valence-electron chi connectivity index (χ1n) is 8.53. The average molecular weight is 372 g/mol. The predicted molar refractivity (Wildman–Crippen MR) is 94.3 cm³/mol. The maximum absolute atomic E-state index is 13.0. The molecule has 0 atom stereocenters. The molecule has 0 spiro atoms. The van der Waals surface area contributed by atoms with Crippen molar-refractivity contribution in [2.75, 3.05) is 11.9 Å². The van der Waals surface area contributed by atoms with Crippen LogP contribution in [0.2, 0.25) is 0 Å². The van der Waals surface area contributed by atoms with E-state index in [1.165, 1.54) is 0 Å². The highest BCUT2D eigenvalue weighted by molar-refractivity contribution is 5.93. The number of halogens is 3. The van der Waals surface area contributed by atoms with Crippen LogP contribution >= 0.6 is 0 Å². The summed E-state index contributed by atoms with van der Waals surface area (Å²) in [7, 11) is 0. The molecule has 0 radical (unpaired) electrons. The van der Waals surface area contributed by atoms with Gasteiger partial charge in [0.25, 0.3) is 0 Å². The van der Waals surface area contributed by atoms with Crippen LogP contribution in [0.3, 0.4) is 0 Å². The fourth-order valence-corrected chi connectivity index (χ4v) is 3.27. The number of nitrogens with one attached hydrogen (secondary N) is 2. The molecule has 4 aromatic rings. The minimum absolute atomic E-state index is 0.148. The fourth-order valence-electron chi connectivity index (χ4n) is 3.27. The van der Waals surface area contributed by atoms with Gasteiger partial charge in [-0.1, -0.05) is 0 Å². The van der Waals surface area contributed by atoms with Gasteiger partial charge in [0.05, 0.1) is 5.41 Å². The van der Waals surface area contributed by atoms with E-state index in [9.17, 15) is 13.2 Å². The Morgan fingerprint density at radius 3 is 2.85 bits per heavy atom. The van der Waals surface area contributed by atoms with Gasteiger partial charge < -0.3 is 14.7 Å². The first-order chi connectivity index (χ1) is 13.0. The smallest absolute Gasteiger partial charge is 0.353 e. The average Bonchev–Trinajstić information content (AvgIpc) is 3.12. The van der Waals surface area contributed by atoms with Crippen molar-refractivity contribution in [3.05, 3.63) is 43.1 Å². The van der Waals surface area contributed by atoms with E-state index >= 15 is 0 Å². The Kier molecular flexibility index (Phi) is 3.25. The van der Waals surface area contributed by atoms with Crippen LogP contribution in [-0.4, -0.2) is 37.1 Å². The normalized spacial score (nSPS) is 16.1. The third kappa shape index (κ3) is 2.61. The van der Waals surface area contributed by atoms with E-state index in [0.29, 0.717) is 5.65 Å². The lowest BCUT2D eigenvalue weighted by Gasteiger charge is -2.19. The molecule has 5 rings (SSSR count). The number of anilines is 1. The van der Waals surface area contributed by atoms with Crippen LogP contribution in [0.25, 0.3) is 27.8 Å². The summed E-state index contributed by atoms with van der Waals surface area (Å²) in [5, 5.41) is 3.54. The highest BCUT2D eigenvalue weighted by atomic mass is 19.4. The molecule has 27 heavy (non-hydrogen) atoms. The number of pyridine rings is 1. The molecule has 0 aliphatic heterocycles. The number of nitrogens with zero attached hydrogens (tertiary/aromatic N) is 4. The van der Waals surface area contributed by atoms with E-state index in [0.717, 1.165) is 22.2 Å². The van der Waals surface area contributed by atoms with Gasteiger partial charge in [0.2, 0.25) is 5.95 Å². The Labute approximate surface area is 151 Å². The van der Waals surface area contributed by atoms with Crippen molar-refractivity contribution in [3.63, 3.8) is 0 Å². The van der Waals surface area contributed by atoms with Crippen LogP contribution in [0.4, 0.5) is 19.1 Å². The Hall–Kier alpha value is -3.10. The van der Waals surface area contributed by atoms with Crippen LogP contribution in [-0.2, 0) is 0 Å². The zero-order valence-electron chi connectivity index (χ0n) is 14.1. The Bertz CT molecular complexity index is 1140. The van der Waals surface area contributed by atoms with Gasteiger partial charge in [0.15, 0.2) is 0 Å². The number of rotatable bonds is 4. The third-order valence-corrected chi connectivity index (χ3v) is 5.17. The Balaban J connectivity index is 1.43. The first kappa shape index (κ1) is 16.1. The molecule has 1 aliphatic carbocycles. The second kappa shape index (κ2) is 5.45. The van der Waals surface area contributed by atoms with Crippen molar-refractivity contribution < 1.29 is 13.2 Å². The number of imidazole rings is 1. The quantitative estimate of drug-likeness (QED) is 0.567. The number of hydrogen-bond acceptors (Lipinski definition) is 4. The number of aromatic amines is 1. The van der Waals surface area contributed by atoms with Crippen LogP contribution in [0.15, 0.2) is 43.1 Å². The van der Waals surface area contributed by atoms with Crippen molar-refractivity contribution in [3.8, 4) is 11.1 Å². The Morgan fingerprint density at radius 2 is 2.07 bits per heavy atom. The van der Waals surface area contributed by atoms with Gasteiger partial charge in [-0.25, -0.2) is 9.97 Å². The molecular weight excluding hydrogens is 357 g/mol. The monoisotopic (exact) mass is 372 g/mol. The first-order valence-corrected chi connectivity index (χ1v) is 8.53. The molecule has 0 amide bonds. The zero-order chi connectivity index (χ0) is 18.6. The van der Waals surface area contributed by atoms with Crippen LogP contribution in [0.1, 0.15) is 12.8 Å². The molecule has 4 aromatic heterocycles. The number of fused-ring (bicyclic) bond motifs is 2. The second-order valence-electron chi connectivity index (χ2n) is 6.90. The van der Waals surface area contributed by atoms with Gasteiger partial charge in [-0.05, 0) is 25.0 Å². The summed E-state index contributed by atoms with van der Waals surface area (Å²) in [4.78, 5) is 15.8. The summed E-state index contributed by atoms with van der Waals surface area (Å²) >= 11 is 0. The summed E-state index contributed by atoms with van der Waals surface area (Å²) in [5.41, 5.74) is 1.67. The van der Waals surface area contributed by atoms with E-state index in [2.05, 4.69) is 25.3 Å². The molecule has 0 aromatic carbocycles. The molecule has 0 saturated heterocycles. The van der Waals surface area contributed by atoms with Gasteiger partial charge in [-0.3, -0.25) is 0 Å². The molecule has 6 nitrogen and oxygen atoms in total. The minimum Gasteiger partial charge on any atom is -0.353 e. The maximum atomic E-state index is 13.0. The van der Waals surface area contributed by atoms with E-state index in [1.807, 2.05) is 35.1 Å². The number of hydrogen-bond donors (Lipinski definition) is 2. The zero-order valence-corrected chi connectivity index (χ0v) is 14.1. The second-order valence-corrected chi connectivity index (χ2v) is 6.90. The van der Waals surface area contributed by atoms with Crippen molar-refractivity contribution in [1.82, 2.24) is 24.3 Å². The van der Waals surface area contributed by atoms with Crippen molar-refractivity contribution >= 4 is 22.6 Å². The molecule has 1 aliphatic rings. The van der Waals surface area contributed by atoms with Gasteiger partial charge >= 0.3 is 6.18 Å². The van der Waals surface area contributed by atoms with Gasteiger partial charge in [-0.15, -0.1) is 0 Å². The van der Waals surface area contributed by atoms with E-state index < -0.39 is 11.6 Å². The van der Waals surface area contributed by atoms with E-state index in [-0.39, 0.29) is 25.3 Å². The van der Waals surface area contributed by atoms with Crippen molar-refractivity contribution in [1.29, 1.82) is 0 Å². The molecule has 0 unspecified atom stereocenters. The van der Waals surface area contributed by atoms with Gasteiger partial charge in [-0.2, -0.15) is 18.2 Å². The summed E-state index contributed by atoms with van der Waals surface area (Å²) in [6, 6.07) is 3.87. The van der Waals surface area contributed by atoms with Gasteiger partial charge in [0, 0.05) is 54.0 Å². The van der Waals surface area contributed by atoms with Crippen molar-refractivity contribution in [2.45, 2.75) is 19.0 Å². The van der Waals surface area contributed by atoms with E-state index in [1.54, 1.807) is 12.4 Å². The number of H-pyrrole nitrogens is 1. The number of aromatic nitrogens is 5. The number of alkyl halides is 3.